The van der Waals surface area contributed by atoms with Crippen LogP contribution in [0.2, 0.25) is 0 Å². The van der Waals surface area contributed by atoms with E-state index >= 15 is 0 Å². The Balaban J connectivity index is 2.14. The summed E-state index contributed by atoms with van der Waals surface area (Å²) in [4.78, 5) is 12.6. The van der Waals surface area contributed by atoms with E-state index in [1.165, 1.54) is 12.1 Å². The van der Waals surface area contributed by atoms with Gasteiger partial charge in [0.15, 0.2) is 0 Å². The Morgan fingerprint density at radius 1 is 1.12 bits per heavy atom. The van der Waals surface area contributed by atoms with Crippen molar-refractivity contribution in [3.05, 3.63) is 65.0 Å². The average molecular weight is 359 g/mol. The fourth-order valence-corrected chi connectivity index (χ4v) is 2.50. The van der Waals surface area contributed by atoms with E-state index in [2.05, 4.69) is 5.32 Å². The van der Waals surface area contributed by atoms with Crippen molar-refractivity contribution in [3.63, 3.8) is 0 Å². The van der Waals surface area contributed by atoms with Gasteiger partial charge in [0.1, 0.15) is 11.6 Å². The lowest BCUT2D eigenvalue weighted by molar-refractivity contribution is 0.0641. The number of benzene rings is 2. The number of carbonyl (C=O) groups excluding carboxylic acids is 1. The van der Waals surface area contributed by atoms with Crippen LogP contribution in [0.1, 0.15) is 55.2 Å². The molecule has 2 aromatic rings. The quantitative estimate of drug-likeness (QED) is 0.747. The highest BCUT2D eigenvalue weighted by Crippen LogP contribution is 2.23. The van der Waals surface area contributed by atoms with Crippen LogP contribution >= 0.6 is 0 Å². The first kappa shape index (κ1) is 19.9. The first-order chi connectivity index (χ1) is 12.4. The van der Waals surface area contributed by atoms with Gasteiger partial charge in [-0.1, -0.05) is 12.1 Å². The molecule has 0 fully saturated rings. The van der Waals surface area contributed by atoms with Crippen LogP contribution in [0.15, 0.2) is 42.5 Å². The van der Waals surface area contributed by atoms with Crippen LogP contribution in [0.5, 0.6) is 5.75 Å². The van der Waals surface area contributed by atoms with Gasteiger partial charge in [0.25, 0.3) is 5.91 Å². The van der Waals surface area contributed by atoms with Gasteiger partial charge in [0, 0.05) is 11.1 Å². The van der Waals surface area contributed by atoms with E-state index in [1.54, 1.807) is 30.3 Å². The molecule has 0 aliphatic carbocycles. The Morgan fingerprint density at radius 3 is 2.42 bits per heavy atom. The van der Waals surface area contributed by atoms with Crippen molar-refractivity contribution < 1.29 is 18.7 Å². The number of hydrogen-bond acceptors (Lipinski definition) is 3. The summed E-state index contributed by atoms with van der Waals surface area (Å²) in [7, 11) is 0. The molecule has 1 N–H and O–H groups in total. The van der Waals surface area contributed by atoms with Gasteiger partial charge in [0.05, 0.1) is 25.4 Å². The third kappa shape index (κ3) is 5.56. The topological polar surface area (TPSA) is 47.6 Å². The Labute approximate surface area is 154 Å². The number of carbonyl (C=O) groups is 1. The predicted octanol–water partition coefficient (Wildman–Crippen LogP) is 4.64. The molecular formula is C21H26FNO3. The lowest BCUT2D eigenvalue weighted by Gasteiger charge is -2.16. The van der Waals surface area contributed by atoms with Crippen molar-refractivity contribution in [1.82, 2.24) is 5.32 Å². The first-order valence-corrected chi connectivity index (χ1v) is 8.84. The zero-order chi connectivity index (χ0) is 19.1. The molecule has 0 bridgehead atoms. The molecule has 26 heavy (non-hydrogen) atoms. The van der Waals surface area contributed by atoms with Crippen molar-refractivity contribution in [1.29, 1.82) is 0 Å². The molecule has 4 nitrogen and oxygen atoms in total. The normalized spacial score (nSPS) is 12.1. The van der Waals surface area contributed by atoms with Crippen LogP contribution in [0.25, 0.3) is 0 Å². The van der Waals surface area contributed by atoms with Crippen LogP contribution in [0.4, 0.5) is 4.39 Å². The highest BCUT2D eigenvalue weighted by atomic mass is 19.1. The number of halogens is 1. The van der Waals surface area contributed by atoms with Crippen molar-refractivity contribution in [2.24, 2.45) is 0 Å². The largest absolute Gasteiger partial charge is 0.494 e. The number of amides is 1. The van der Waals surface area contributed by atoms with Crippen molar-refractivity contribution in [3.8, 4) is 5.75 Å². The number of rotatable bonds is 8. The second-order valence-electron chi connectivity index (χ2n) is 6.36. The summed E-state index contributed by atoms with van der Waals surface area (Å²) in [5, 5.41) is 2.93. The van der Waals surface area contributed by atoms with Crippen molar-refractivity contribution >= 4 is 5.91 Å². The van der Waals surface area contributed by atoms with Crippen LogP contribution in [0, 0.1) is 5.82 Å². The van der Waals surface area contributed by atoms with E-state index in [0.29, 0.717) is 18.8 Å². The van der Waals surface area contributed by atoms with Crippen LogP contribution in [-0.4, -0.2) is 18.6 Å². The summed E-state index contributed by atoms with van der Waals surface area (Å²) in [6.07, 6.45) is 0.0838. The molecule has 0 radical (unpaired) electrons. The van der Waals surface area contributed by atoms with Crippen molar-refractivity contribution in [2.45, 2.75) is 46.4 Å². The molecule has 140 valence electrons. The third-order valence-corrected chi connectivity index (χ3v) is 3.91. The minimum atomic E-state index is -0.298. The monoisotopic (exact) mass is 359 g/mol. The van der Waals surface area contributed by atoms with Gasteiger partial charge in [-0.25, -0.2) is 4.39 Å². The van der Waals surface area contributed by atoms with E-state index in [-0.39, 0.29) is 23.9 Å². The Kier molecular flexibility index (Phi) is 7.16. The number of ether oxygens (including phenoxy) is 2. The minimum absolute atomic E-state index is 0.0838. The van der Waals surface area contributed by atoms with E-state index < -0.39 is 0 Å². The van der Waals surface area contributed by atoms with Gasteiger partial charge in [-0.2, -0.15) is 0 Å². The SMILES string of the molecule is CCOc1ccc(C(=O)N[C@@H](C)c2ccc(F)cc2)cc1COC(C)C. The van der Waals surface area contributed by atoms with Gasteiger partial charge in [-0.3, -0.25) is 4.79 Å². The smallest absolute Gasteiger partial charge is 0.251 e. The van der Waals surface area contributed by atoms with Gasteiger partial charge < -0.3 is 14.8 Å². The fraction of sp³-hybridized carbons (Fsp3) is 0.381. The molecule has 0 aliphatic rings. The minimum Gasteiger partial charge on any atom is -0.494 e. The lowest BCUT2D eigenvalue weighted by atomic mass is 10.1. The molecule has 2 aromatic carbocycles. The molecule has 2 rings (SSSR count). The number of nitrogens with one attached hydrogen (secondary N) is 1. The Hall–Kier alpha value is -2.40. The molecule has 0 saturated carbocycles. The Morgan fingerprint density at radius 2 is 1.81 bits per heavy atom. The van der Waals surface area contributed by atoms with Crippen molar-refractivity contribution in [2.75, 3.05) is 6.61 Å². The van der Waals surface area contributed by atoms with Crippen LogP contribution in [-0.2, 0) is 11.3 Å². The van der Waals surface area contributed by atoms with E-state index in [4.69, 9.17) is 9.47 Å². The van der Waals surface area contributed by atoms with Gasteiger partial charge in [0.2, 0.25) is 0 Å². The molecule has 0 heterocycles. The van der Waals surface area contributed by atoms with E-state index in [0.717, 1.165) is 16.9 Å². The second-order valence-corrected chi connectivity index (χ2v) is 6.36. The molecule has 1 amide bonds. The van der Waals surface area contributed by atoms with E-state index in [9.17, 15) is 9.18 Å². The standard InChI is InChI=1S/C21H26FNO3/c1-5-25-20-11-8-17(12-18(20)13-26-14(2)3)21(24)23-15(4)16-6-9-19(22)10-7-16/h6-12,14-15H,5,13H2,1-4H3,(H,23,24)/t15-/m0/s1. The van der Waals surface area contributed by atoms with E-state index in [1.807, 2.05) is 27.7 Å². The molecule has 0 spiro atoms. The van der Waals surface area contributed by atoms with Gasteiger partial charge in [-0.05, 0) is 63.6 Å². The third-order valence-electron chi connectivity index (χ3n) is 3.91. The average Bonchev–Trinajstić information content (AvgIpc) is 2.61. The maximum absolute atomic E-state index is 13.0. The molecule has 0 aromatic heterocycles. The fourth-order valence-electron chi connectivity index (χ4n) is 2.50. The van der Waals surface area contributed by atoms with Crippen LogP contribution < -0.4 is 10.1 Å². The second kappa shape index (κ2) is 9.34. The molecular weight excluding hydrogens is 333 g/mol. The molecule has 0 unspecified atom stereocenters. The van der Waals surface area contributed by atoms with Gasteiger partial charge >= 0.3 is 0 Å². The zero-order valence-corrected chi connectivity index (χ0v) is 15.7. The summed E-state index contributed by atoms with van der Waals surface area (Å²) in [6.45, 7) is 8.62. The summed E-state index contributed by atoms with van der Waals surface area (Å²) >= 11 is 0. The highest BCUT2D eigenvalue weighted by molar-refractivity contribution is 5.94. The molecule has 1 atom stereocenters. The first-order valence-electron chi connectivity index (χ1n) is 8.84. The summed E-state index contributed by atoms with van der Waals surface area (Å²) in [5.74, 6) is 0.223. The summed E-state index contributed by atoms with van der Waals surface area (Å²) in [5.41, 5.74) is 2.21. The molecule has 0 saturated heterocycles. The molecule has 0 aliphatic heterocycles. The maximum atomic E-state index is 13.0. The lowest BCUT2D eigenvalue weighted by Crippen LogP contribution is -2.26. The van der Waals surface area contributed by atoms with Crippen LogP contribution in [0.3, 0.4) is 0 Å². The number of hydrogen-bond donors (Lipinski definition) is 1. The van der Waals surface area contributed by atoms with Gasteiger partial charge in [-0.15, -0.1) is 0 Å². The summed E-state index contributed by atoms with van der Waals surface area (Å²) < 4.78 is 24.3. The maximum Gasteiger partial charge on any atom is 0.251 e. The molecule has 5 heteroatoms. The Bertz CT molecular complexity index is 729. The predicted molar refractivity (Wildman–Crippen MR) is 99.8 cm³/mol. The summed E-state index contributed by atoms with van der Waals surface area (Å²) in [6, 6.07) is 11.2. The zero-order valence-electron chi connectivity index (χ0n) is 15.7. The highest BCUT2D eigenvalue weighted by Gasteiger charge is 2.14.